The van der Waals surface area contributed by atoms with E-state index in [0.29, 0.717) is 0 Å². The van der Waals surface area contributed by atoms with Crippen LogP contribution in [0.4, 0.5) is 0 Å². The molecular weight excluding hydrogens is 186 g/mol. The van der Waals surface area contributed by atoms with Gasteiger partial charge in [0.25, 0.3) is 0 Å². The first-order valence-electron chi connectivity index (χ1n) is 5.74. The van der Waals surface area contributed by atoms with Crippen LogP contribution in [-0.2, 0) is 4.74 Å². The molecule has 15 heavy (non-hydrogen) atoms. The highest BCUT2D eigenvalue weighted by Gasteiger charge is 2.11. The lowest BCUT2D eigenvalue weighted by Crippen LogP contribution is -2.35. The molecule has 1 saturated heterocycles. The molecule has 0 aromatic carbocycles. The Morgan fingerprint density at radius 2 is 1.80 bits per heavy atom. The summed E-state index contributed by atoms with van der Waals surface area (Å²) in [6, 6.07) is 0. The lowest BCUT2D eigenvalue weighted by molar-refractivity contribution is 0.0552. The van der Waals surface area contributed by atoms with Crippen molar-refractivity contribution in [2.45, 2.75) is 19.8 Å². The smallest absolute Gasteiger partial charge is 0.0642 e. The zero-order valence-electron chi connectivity index (χ0n) is 9.41. The van der Waals surface area contributed by atoms with Crippen LogP contribution < -0.4 is 0 Å². The molecule has 0 unspecified atom stereocenters. The Labute approximate surface area is 91.9 Å². The van der Waals surface area contributed by atoms with Crippen LogP contribution in [0.3, 0.4) is 0 Å². The summed E-state index contributed by atoms with van der Waals surface area (Å²) in [7, 11) is 0. The number of allylic oxidation sites excluding steroid dienone is 5. The maximum absolute atomic E-state index is 5.36. The van der Waals surface area contributed by atoms with Crippen LogP contribution in [0.15, 0.2) is 35.6 Å². The number of hydrogen-bond donors (Lipinski definition) is 0. The Morgan fingerprint density at radius 3 is 2.60 bits per heavy atom. The van der Waals surface area contributed by atoms with E-state index in [1.165, 1.54) is 11.3 Å². The molecule has 0 radical (unpaired) electrons. The predicted molar refractivity (Wildman–Crippen MR) is 62.6 cm³/mol. The number of morpholine rings is 1. The van der Waals surface area contributed by atoms with Crippen molar-refractivity contribution in [1.82, 2.24) is 4.90 Å². The Morgan fingerprint density at radius 1 is 1.07 bits per heavy atom. The standard InChI is InChI=1S/C13H19NO/c1-12-4-2-3-5-13(7-6-12)14-8-10-15-11-9-14/h4-7H,2-3,8-11H2,1H3/b7-6-,12-4-,13-5-. The van der Waals surface area contributed by atoms with Crippen molar-refractivity contribution in [2.24, 2.45) is 0 Å². The number of nitrogens with zero attached hydrogens (tertiary/aromatic N) is 1. The Hall–Kier alpha value is -1.02. The van der Waals surface area contributed by atoms with Gasteiger partial charge in [0.1, 0.15) is 0 Å². The van der Waals surface area contributed by atoms with Gasteiger partial charge in [0.05, 0.1) is 13.2 Å². The first-order valence-corrected chi connectivity index (χ1v) is 5.74. The van der Waals surface area contributed by atoms with Crippen LogP contribution >= 0.6 is 0 Å². The largest absolute Gasteiger partial charge is 0.378 e. The first-order chi connectivity index (χ1) is 7.36. The van der Waals surface area contributed by atoms with Crippen LogP contribution in [-0.4, -0.2) is 31.2 Å². The van der Waals surface area contributed by atoms with Gasteiger partial charge >= 0.3 is 0 Å². The summed E-state index contributed by atoms with van der Waals surface area (Å²) in [5.41, 5.74) is 2.74. The minimum atomic E-state index is 0.861. The molecular formula is C13H19NO. The van der Waals surface area contributed by atoms with Crippen LogP contribution in [0.2, 0.25) is 0 Å². The molecule has 1 heterocycles. The van der Waals surface area contributed by atoms with E-state index in [2.05, 4.69) is 36.1 Å². The fourth-order valence-corrected chi connectivity index (χ4v) is 1.95. The van der Waals surface area contributed by atoms with E-state index in [0.717, 1.165) is 39.1 Å². The highest BCUT2D eigenvalue weighted by atomic mass is 16.5. The lowest BCUT2D eigenvalue weighted by atomic mass is 10.1. The average molecular weight is 205 g/mol. The van der Waals surface area contributed by atoms with Gasteiger partial charge in [-0.3, -0.25) is 0 Å². The molecule has 2 aliphatic rings. The van der Waals surface area contributed by atoms with E-state index in [9.17, 15) is 0 Å². The predicted octanol–water partition coefficient (Wildman–Crippen LogP) is 2.50. The van der Waals surface area contributed by atoms with E-state index >= 15 is 0 Å². The molecule has 0 aromatic rings. The van der Waals surface area contributed by atoms with Crippen molar-refractivity contribution in [2.75, 3.05) is 26.3 Å². The summed E-state index contributed by atoms with van der Waals surface area (Å²) in [5.74, 6) is 0. The van der Waals surface area contributed by atoms with E-state index in [1.807, 2.05) is 0 Å². The number of ether oxygens (including phenoxy) is 1. The minimum Gasteiger partial charge on any atom is -0.378 e. The molecule has 1 aliphatic carbocycles. The van der Waals surface area contributed by atoms with Crippen LogP contribution in [0.5, 0.6) is 0 Å². The quantitative estimate of drug-likeness (QED) is 0.652. The molecule has 0 saturated carbocycles. The van der Waals surface area contributed by atoms with Gasteiger partial charge in [-0.25, -0.2) is 0 Å². The number of hydrogen-bond acceptors (Lipinski definition) is 2. The second kappa shape index (κ2) is 5.17. The fraction of sp³-hybridized carbons (Fsp3) is 0.538. The molecule has 1 fully saturated rings. The molecule has 2 nitrogen and oxygen atoms in total. The highest BCUT2D eigenvalue weighted by Crippen LogP contribution is 2.15. The third-order valence-corrected chi connectivity index (χ3v) is 2.88. The SMILES string of the molecule is CC1=C/CC/C=C(N2CCOCC2)/C=C\1. The molecule has 0 bridgehead atoms. The average Bonchev–Trinajstić information content (AvgIpc) is 2.25. The van der Waals surface area contributed by atoms with E-state index in [-0.39, 0.29) is 0 Å². The Bertz CT molecular complexity index is 296. The molecule has 0 spiro atoms. The maximum atomic E-state index is 5.36. The molecule has 0 N–H and O–H groups in total. The summed E-state index contributed by atoms with van der Waals surface area (Å²) < 4.78 is 5.36. The van der Waals surface area contributed by atoms with Gasteiger partial charge in [-0.1, -0.05) is 23.8 Å². The van der Waals surface area contributed by atoms with Gasteiger partial charge in [-0.15, -0.1) is 0 Å². The molecule has 0 atom stereocenters. The summed E-state index contributed by atoms with van der Waals surface area (Å²) >= 11 is 0. The topological polar surface area (TPSA) is 12.5 Å². The van der Waals surface area contributed by atoms with Crippen LogP contribution in [0, 0.1) is 0 Å². The van der Waals surface area contributed by atoms with Crippen molar-refractivity contribution >= 4 is 0 Å². The van der Waals surface area contributed by atoms with E-state index < -0.39 is 0 Å². The maximum Gasteiger partial charge on any atom is 0.0642 e. The van der Waals surface area contributed by atoms with Crippen molar-refractivity contribution in [1.29, 1.82) is 0 Å². The van der Waals surface area contributed by atoms with Crippen LogP contribution in [0.25, 0.3) is 0 Å². The Balaban J connectivity index is 2.06. The first kappa shape index (κ1) is 10.5. The van der Waals surface area contributed by atoms with Gasteiger partial charge in [0.15, 0.2) is 0 Å². The third kappa shape index (κ3) is 2.96. The second-order valence-corrected chi connectivity index (χ2v) is 4.09. The van der Waals surface area contributed by atoms with Gasteiger partial charge < -0.3 is 9.64 Å². The molecule has 82 valence electrons. The summed E-state index contributed by atoms with van der Waals surface area (Å²) in [4.78, 5) is 2.42. The highest BCUT2D eigenvalue weighted by molar-refractivity contribution is 5.28. The van der Waals surface area contributed by atoms with Crippen LogP contribution in [0.1, 0.15) is 19.8 Å². The molecule has 2 heteroatoms. The summed E-state index contributed by atoms with van der Waals surface area (Å²) in [6.07, 6.45) is 11.4. The molecule has 2 rings (SSSR count). The van der Waals surface area contributed by atoms with Gasteiger partial charge in [0.2, 0.25) is 0 Å². The van der Waals surface area contributed by atoms with Crippen molar-refractivity contribution in [3.8, 4) is 0 Å². The van der Waals surface area contributed by atoms with Crippen molar-refractivity contribution < 1.29 is 4.74 Å². The van der Waals surface area contributed by atoms with Crippen molar-refractivity contribution in [3.63, 3.8) is 0 Å². The fourth-order valence-electron chi connectivity index (χ4n) is 1.95. The van der Waals surface area contributed by atoms with Gasteiger partial charge in [-0.05, 0) is 25.8 Å². The summed E-state index contributed by atoms with van der Waals surface area (Å²) in [6.45, 7) is 5.94. The lowest BCUT2D eigenvalue weighted by Gasteiger charge is -2.30. The minimum absolute atomic E-state index is 0.861. The number of rotatable bonds is 1. The second-order valence-electron chi connectivity index (χ2n) is 4.09. The molecule has 1 aliphatic heterocycles. The zero-order valence-corrected chi connectivity index (χ0v) is 9.41. The summed E-state index contributed by atoms with van der Waals surface area (Å²) in [5, 5.41) is 0. The Kier molecular flexibility index (Phi) is 3.62. The molecule has 0 aromatic heterocycles. The van der Waals surface area contributed by atoms with Gasteiger partial charge in [0, 0.05) is 18.8 Å². The zero-order chi connectivity index (χ0) is 10.5. The van der Waals surface area contributed by atoms with E-state index in [1.54, 1.807) is 0 Å². The van der Waals surface area contributed by atoms with Gasteiger partial charge in [-0.2, -0.15) is 0 Å². The normalized spacial score (nSPS) is 31.9. The van der Waals surface area contributed by atoms with Crippen molar-refractivity contribution in [3.05, 3.63) is 35.6 Å². The van der Waals surface area contributed by atoms with E-state index in [4.69, 9.17) is 4.74 Å². The third-order valence-electron chi connectivity index (χ3n) is 2.88. The monoisotopic (exact) mass is 205 g/mol. The molecule has 0 amide bonds.